The lowest BCUT2D eigenvalue weighted by molar-refractivity contribution is -0.384. The molecule has 0 saturated heterocycles. The Morgan fingerprint density at radius 1 is 1.25 bits per heavy atom. The Bertz CT molecular complexity index is 614. The second-order valence-electron chi connectivity index (χ2n) is 4.11. The number of hydrogen-bond donors (Lipinski definition) is 1. The van der Waals surface area contributed by atoms with Gasteiger partial charge in [0.25, 0.3) is 5.69 Å². The standard InChI is InChI=1S/C14H13BrN2O3/c1-20-13-6-3-11(4-7-13)16-9-10-2-5-12(17(18)19)8-14(10)15/h2-8,16H,9H2,1H3. The number of methoxy groups -OCH3 is 1. The molecule has 0 atom stereocenters. The van der Waals surface area contributed by atoms with Gasteiger partial charge in [-0.15, -0.1) is 0 Å². The summed E-state index contributed by atoms with van der Waals surface area (Å²) in [6, 6.07) is 12.3. The van der Waals surface area contributed by atoms with Crippen molar-refractivity contribution in [2.45, 2.75) is 6.54 Å². The Hall–Kier alpha value is -2.08. The van der Waals surface area contributed by atoms with Crippen LogP contribution >= 0.6 is 15.9 Å². The third-order valence-electron chi connectivity index (χ3n) is 2.82. The van der Waals surface area contributed by atoms with Crippen molar-refractivity contribution < 1.29 is 9.66 Å². The Morgan fingerprint density at radius 2 is 1.95 bits per heavy atom. The summed E-state index contributed by atoms with van der Waals surface area (Å²) in [5, 5.41) is 13.9. The fourth-order valence-electron chi connectivity index (χ4n) is 1.70. The molecule has 0 amide bonds. The average molecular weight is 337 g/mol. The van der Waals surface area contributed by atoms with E-state index in [1.54, 1.807) is 13.2 Å². The van der Waals surface area contributed by atoms with Crippen LogP contribution in [-0.2, 0) is 6.54 Å². The fraction of sp³-hybridized carbons (Fsp3) is 0.143. The van der Waals surface area contributed by atoms with E-state index < -0.39 is 4.92 Å². The normalized spacial score (nSPS) is 10.1. The summed E-state index contributed by atoms with van der Waals surface area (Å²) in [7, 11) is 1.62. The van der Waals surface area contributed by atoms with E-state index in [-0.39, 0.29) is 5.69 Å². The Morgan fingerprint density at radius 3 is 2.50 bits per heavy atom. The van der Waals surface area contributed by atoms with E-state index >= 15 is 0 Å². The summed E-state index contributed by atoms with van der Waals surface area (Å²) in [5.74, 6) is 0.798. The lowest BCUT2D eigenvalue weighted by Crippen LogP contribution is -2.00. The van der Waals surface area contributed by atoms with Gasteiger partial charge in [-0.2, -0.15) is 0 Å². The molecule has 0 fully saturated rings. The lowest BCUT2D eigenvalue weighted by atomic mass is 10.2. The molecule has 1 N–H and O–H groups in total. The van der Waals surface area contributed by atoms with Gasteiger partial charge in [-0.1, -0.05) is 15.9 Å². The molecule has 6 heteroatoms. The first-order valence-corrected chi connectivity index (χ1v) is 6.70. The molecule has 20 heavy (non-hydrogen) atoms. The summed E-state index contributed by atoms with van der Waals surface area (Å²) in [6.45, 7) is 0.574. The van der Waals surface area contributed by atoms with Crippen molar-refractivity contribution in [3.8, 4) is 5.75 Å². The highest BCUT2D eigenvalue weighted by Gasteiger charge is 2.08. The van der Waals surface area contributed by atoms with Crippen molar-refractivity contribution in [3.63, 3.8) is 0 Å². The van der Waals surface area contributed by atoms with Crippen molar-refractivity contribution in [2.24, 2.45) is 0 Å². The highest BCUT2D eigenvalue weighted by Crippen LogP contribution is 2.24. The molecule has 0 aromatic heterocycles. The maximum absolute atomic E-state index is 10.7. The molecular weight excluding hydrogens is 324 g/mol. The SMILES string of the molecule is COc1ccc(NCc2ccc([N+](=O)[O-])cc2Br)cc1. The topological polar surface area (TPSA) is 64.4 Å². The van der Waals surface area contributed by atoms with Crippen molar-refractivity contribution in [1.82, 2.24) is 0 Å². The smallest absolute Gasteiger partial charge is 0.270 e. The van der Waals surface area contributed by atoms with E-state index in [1.165, 1.54) is 12.1 Å². The van der Waals surface area contributed by atoms with Gasteiger partial charge in [0, 0.05) is 28.8 Å². The van der Waals surface area contributed by atoms with E-state index in [0.29, 0.717) is 11.0 Å². The zero-order valence-corrected chi connectivity index (χ0v) is 12.4. The van der Waals surface area contributed by atoms with Gasteiger partial charge in [0.05, 0.1) is 12.0 Å². The van der Waals surface area contributed by atoms with Gasteiger partial charge in [0.15, 0.2) is 0 Å². The zero-order valence-electron chi connectivity index (χ0n) is 10.8. The number of nitro groups is 1. The van der Waals surface area contributed by atoms with Crippen LogP contribution in [0, 0.1) is 10.1 Å². The molecule has 0 heterocycles. The van der Waals surface area contributed by atoms with Gasteiger partial charge in [0.2, 0.25) is 0 Å². The lowest BCUT2D eigenvalue weighted by Gasteiger charge is -2.09. The van der Waals surface area contributed by atoms with Crippen LogP contribution in [0.15, 0.2) is 46.9 Å². The van der Waals surface area contributed by atoms with Crippen LogP contribution in [0.25, 0.3) is 0 Å². The number of halogens is 1. The van der Waals surface area contributed by atoms with Gasteiger partial charge in [-0.05, 0) is 35.9 Å². The minimum absolute atomic E-state index is 0.0741. The van der Waals surface area contributed by atoms with Crippen LogP contribution in [-0.4, -0.2) is 12.0 Å². The highest BCUT2D eigenvalue weighted by atomic mass is 79.9. The number of hydrogen-bond acceptors (Lipinski definition) is 4. The quantitative estimate of drug-likeness (QED) is 0.662. The van der Waals surface area contributed by atoms with Crippen molar-refractivity contribution in [3.05, 3.63) is 62.6 Å². The summed E-state index contributed by atoms with van der Waals surface area (Å²) in [4.78, 5) is 10.3. The van der Waals surface area contributed by atoms with Crippen LogP contribution < -0.4 is 10.1 Å². The molecule has 2 aromatic rings. The summed E-state index contributed by atoms with van der Waals surface area (Å²) in [5.41, 5.74) is 1.98. The minimum atomic E-state index is -0.411. The first-order valence-electron chi connectivity index (χ1n) is 5.91. The Balaban J connectivity index is 2.04. The third kappa shape index (κ3) is 3.48. The van der Waals surface area contributed by atoms with E-state index in [9.17, 15) is 10.1 Å². The first kappa shape index (κ1) is 14.3. The molecule has 2 rings (SSSR count). The van der Waals surface area contributed by atoms with Crippen LogP contribution in [0.4, 0.5) is 11.4 Å². The Labute approximate surface area is 124 Å². The average Bonchev–Trinajstić information content (AvgIpc) is 2.46. The molecule has 0 spiro atoms. The number of nitrogens with zero attached hydrogens (tertiary/aromatic N) is 1. The molecule has 0 saturated carbocycles. The van der Waals surface area contributed by atoms with Gasteiger partial charge >= 0.3 is 0 Å². The largest absolute Gasteiger partial charge is 0.497 e. The maximum atomic E-state index is 10.7. The number of benzene rings is 2. The molecule has 0 aliphatic heterocycles. The van der Waals surface area contributed by atoms with Gasteiger partial charge in [0.1, 0.15) is 5.75 Å². The summed E-state index contributed by atoms with van der Waals surface area (Å²) < 4.78 is 5.80. The number of nitro benzene ring substituents is 1. The number of nitrogens with one attached hydrogen (secondary N) is 1. The number of ether oxygens (including phenoxy) is 1. The van der Waals surface area contributed by atoms with Gasteiger partial charge in [-0.3, -0.25) is 10.1 Å². The summed E-state index contributed by atoms with van der Waals surface area (Å²) >= 11 is 3.35. The third-order valence-corrected chi connectivity index (χ3v) is 3.56. The predicted octanol–water partition coefficient (Wildman–Crippen LogP) is 3.98. The van der Waals surface area contributed by atoms with Crippen LogP contribution in [0.5, 0.6) is 5.75 Å². The van der Waals surface area contributed by atoms with Crippen molar-refractivity contribution >= 4 is 27.3 Å². The van der Waals surface area contributed by atoms with E-state index in [2.05, 4.69) is 21.2 Å². The fourth-order valence-corrected chi connectivity index (χ4v) is 2.21. The molecule has 0 bridgehead atoms. The molecule has 0 unspecified atom stereocenters. The molecule has 0 radical (unpaired) electrons. The van der Waals surface area contributed by atoms with E-state index in [4.69, 9.17) is 4.74 Å². The van der Waals surface area contributed by atoms with Crippen LogP contribution in [0.3, 0.4) is 0 Å². The molecule has 5 nitrogen and oxygen atoms in total. The Kier molecular flexibility index (Phi) is 4.57. The number of anilines is 1. The zero-order chi connectivity index (χ0) is 14.5. The highest BCUT2D eigenvalue weighted by molar-refractivity contribution is 9.10. The minimum Gasteiger partial charge on any atom is -0.497 e. The molecular formula is C14H13BrN2O3. The van der Waals surface area contributed by atoms with Crippen LogP contribution in [0.1, 0.15) is 5.56 Å². The van der Waals surface area contributed by atoms with Gasteiger partial charge < -0.3 is 10.1 Å². The first-order chi connectivity index (χ1) is 9.60. The second-order valence-corrected chi connectivity index (χ2v) is 4.97. The molecule has 0 aliphatic rings. The number of non-ortho nitro benzene ring substituents is 1. The van der Waals surface area contributed by atoms with Crippen molar-refractivity contribution in [2.75, 3.05) is 12.4 Å². The van der Waals surface area contributed by atoms with Crippen LogP contribution in [0.2, 0.25) is 0 Å². The van der Waals surface area contributed by atoms with E-state index in [0.717, 1.165) is 17.0 Å². The number of rotatable bonds is 5. The monoisotopic (exact) mass is 336 g/mol. The second kappa shape index (κ2) is 6.38. The van der Waals surface area contributed by atoms with E-state index in [1.807, 2.05) is 24.3 Å². The summed E-state index contributed by atoms with van der Waals surface area (Å²) in [6.07, 6.45) is 0. The molecule has 2 aromatic carbocycles. The predicted molar refractivity (Wildman–Crippen MR) is 81.1 cm³/mol. The molecule has 0 aliphatic carbocycles. The van der Waals surface area contributed by atoms with Crippen molar-refractivity contribution in [1.29, 1.82) is 0 Å². The maximum Gasteiger partial charge on any atom is 0.270 e. The molecule has 104 valence electrons. The van der Waals surface area contributed by atoms with Gasteiger partial charge in [-0.25, -0.2) is 0 Å².